The van der Waals surface area contributed by atoms with Gasteiger partial charge in [0.15, 0.2) is 27.2 Å². The minimum atomic E-state index is -4.68. The number of nitrogens with zero attached hydrogens (tertiary/aromatic N) is 3. The lowest BCUT2D eigenvalue weighted by atomic mass is 9.98. The van der Waals surface area contributed by atoms with Crippen molar-refractivity contribution < 1.29 is 39.5 Å². The van der Waals surface area contributed by atoms with Gasteiger partial charge < -0.3 is 9.15 Å². The molecule has 0 unspecified atom stereocenters. The topological polar surface area (TPSA) is 87.2 Å². The van der Waals surface area contributed by atoms with E-state index >= 15 is 0 Å². The van der Waals surface area contributed by atoms with Crippen molar-refractivity contribution in [3.8, 4) is 45.1 Å². The quantitative estimate of drug-likeness (QED) is 0.179. The molecule has 218 valence electrons. The van der Waals surface area contributed by atoms with Gasteiger partial charge in [-0.15, -0.1) is 0 Å². The van der Waals surface area contributed by atoms with Crippen LogP contribution in [0.25, 0.3) is 39.4 Å². The summed E-state index contributed by atoms with van der Waals surface area (Å²) in [6, 6.07) is 17.6. The predicted molar refractivity (Wildman–Crippen MR) is 144 cm³/mol. The third kappa shape index (κ3) is 5.91. The van der Waals surface area contributed by atoms with Crippen LogP contribution in [0.3, 0.4) is 0 Å². The summed E-state index contributed by atoms with van der Waals surface area (Å²) in [7, 11) is -3.52. The fourth-order valence-electron chi connectivity index (χ4n) is 4.44. The maximum atomic E-state index is 13.5. The zero-order valence-corrected chi connectivity index (χ0v) is 23.1. The molecule has 7 nitrogen and oxygen atoms in total. The monoisotopic (exact) mass is 603 g/mol. The molecule has 2 aromatic heterocycles. The van der Waals surface area contributed by atoms with Crippen LogP contribution in [0.2, 0.25) is 0 Å². The van der Waals surface area contributed by atoms with Crippen LogP contribution in [0.4, 0.5) is 22.0 Å². The Labute approximate surface area is 237 Å². The largest absolute Gasteiger partial charge is 0.440 e. The normalized spacial score (nSPS) is 12.2. The zero-order valence-electron chi connectivity index (χ0n) is 22.3. The lowest BCUT2D eigenvalue weighted by molar-refractivity contribution is -0.141. The molecule has 0 amide bonds. The molecule has 0 atom stereocenters. The van der Waals surface area contributed by atoms with Crippen molar-refractivity contribution in [1.82, 2.24) is 14.8 Å². The van der Waals surface area contributed by atoms with Gasteiger partial charge in [0.05, 0.1) is 10.6 Å². The number of oxazole rings is 1. The van der Waals surface area contributed by atoms with Gasteiger partial charge in [0, 0.05) is 30.0 Å². The van der Waals surface area contributed by atoms with Gasteiger partial charge >= 0.3 is 12.8 Å². The van der Waals surface area contributed by atoms with Gasteiger partial charge in [0.1, 0.15) is 11.4 Å². The number of hydrogen-bond donors (Lipinski definition) is 0. The van der Waals surface area contributed by atoms with Crippen LogP contribution in [0.5, 0.6) is 5.75 Å². The third-order valence-electron chi connectivity index (χ3n) is 6.33. The van der Waals surface area contributed by atoms with Crippen molar-refractivity contribution in [3.05, 3.63) is 90.1 Å². The number of aryl methyl sites for hydroxylation is 2. The molecule has 0 radical (unpaired) electrons. The van der Waals surface area contributed by atoms with Crippen molar-refractivity contribution >= 4 is 9.84 Å². The van der Waals surface area contributed by atoms with Crippen LogP contribution in [0.1, 0.15) is 17.3 Å². The van der Waals surface area contributed by atoms with E-state index < -0.39 is 28.3 Å². The maximum absolute atomic E-state index is 13.5. The highest BCUT2D eigenvalue weighted by Gasteiger charge is 2.35. The fourth-order valence-corrected chi connectivity index (χ4v) is 5.11. The van der Waals surface area contributed by atoms with E-state index in [1.807, 2.05) is 0 Å². The molecule has 0 spiro atoms. The smallest absolute Gasteiger partial charge is 0.435 e. The number of hydrogen-bond acceptors (Lipinski definition) is 6. The number of ether oxygens (including phenoxy) is 1. The second kappa shape index (κ2) is 10.7. The molecule has 2 heterocycles. The molecule has 5 rings (SSSR count). The summed E-state index contributed by atoms with van der Waals surface area (Å²) in [6.07, 6.45) is -3.60. The van der Waals surface area contributed by atoms with Gasteiger partial charge in [-0.1, -0.05) is 18.2 Å². The highest BCUT2D eigenvalue weighted by molar-refractivity contribution is 7.90. The van der Waals surface area contributed by atoms with Crippen LogP contribution < -0.4 is 4.74 Å². The first-order valence-corrected chi connectivity index (χ1v) is 14.2. The Bertz CT molecular complexity index is 1880. The number of sulfone groups is 1. The van der Waals surface area contributed by atoms with Gasteiger partial charge in [-0.05, 0) is 72.6 Å². The van der Waals surface area contributed by atoms with E-state index in [1.165, 1.54) is 43.3 Å². The Morgan fingerprint density at radius 1 is 0.905 bits per heavy atom. The molecule has 0 aliphatic rings. The van der Waals surface area contributed by atoms with E-state index in [1.54, 1.807) is 37.3 Å². The summed E-state index contributed by atoms with van der Waals surface area (Å²) in [6.45, 7) is 0.0524. The molecule has 13 heteroatoms. The number of benzene rings is 3. The Kier molecular flexibility index (Phi) is 7.39. The first-order valence-electron chi connectivity index (χ1n) is 12.3. The second-order valence-corrected chi connectivity index (χ2v) is 11.4. The van der Waals surface area contributed by atoms with E-state index in [4.69, 9.17) is 4.42 Å². The van der Waals surface area contributed by atoms with E-state index in [-0.39, 0.29) is 33.7 Å². The Morgan fingerprint density at radius 2 is 1.57 bits per heavy atom. The summed E-state index contributed by atoms with van der Waals surface area (Å²) in [5, 5.41) is 3.80. The zero-order chi connectivity index (χ0) is 30.4. The Morgan fingerprint density at radius 3 is 2.19 bits per heavy atom. The van der Waals surface area contributed by atoms with Gasteiger partial charge in [-0.25, -0.2) is 18.1 Å². The summed E-state index contributed by atoms with van der Waals surface area (Å²) in [4.78, 5) is 4.54. The van der Waals surface area contributed by atoms with Gasteiger partial charge in [0.25, 0.3) is 0 Å². The van der Waals surface area contributed by atoms with Crippen molar-refractivity contribution in [1.29, 1.82) is 0 Å². The van der Waals surface area contributed by atoms with E-state index in [2.05, 4.69) is 14.8 Å². The predicted octanol–water partition coefficient (Wildman–Crippen LogP) is 7.50. The minimum absolute atomic E-state index is 0.0733. The fraction of sp³-hybridized carbons (Fsp3) is 0.172. The maximum Gasteiger partial charge on any atom is 0.435 e. The van der Waals surface area contributed by atoms with E-state index in [0.717, 1.165) is 17.0 Å². The second-order valence-electron chi connectivity index (χ2n) is 9.43. The highest BCUT2D eigenvalue weighted by atomic mass is 32.2. The molecule has 0 saturated carbocycles. The molecule has 0 N–H and O–H groups in total. The number of aromatic nitrogens is 3. The van der Waals surface area contributed by atoms with Crippen molar-refractivity contribution in [2.75, 3.05) is 6.26 Å². The van der Waals surface area contributed by atoms with Crippen molar-refractivity contribution in [2.24, 2.45) is 0 Å². The lowest BCUT2D eigenvalue weighted by Gasteiger charge is -2.14. The summed E-state index contributed by atoms with van der Waals surface area (Å²) in [5.74, 6) is 0.335. The van der Waals surface area contributed by atoms with Crippen LogP contribution in [0.15, 0.2) is 82.1 Å². The number of rotatable bonds is 7. The SMILES string of the molecule is Cc1nc(-c2ccc(OC(F)F)cc2)c(-c2cc(-c3cccc(S(C)(=O)=O)c3)ccc2-n2nc(C(F)(F)F)cc2C)o1. The minimum Gasteiger partial charge on any atom is -0.440 e. The average molecular weight is 604 g/mol. The van der Waals surface area contributed by atoms with Crippen LogP contribution in [-0.4, -0.2) is 36.0 Å². The first kappa shape index (κ1) is 29.0. The van der Waals surface area contributed by atoms with E-state index in [9.17, 15) is 30.4 Å². The number of halogens is 5. The molecule has 0 aliphatic heterocycles. The third-order valence-corrected chi connectivity index (χ3v) is 7.44. The summed E-state index contributed by atoms with van der Waals surface area (Å²) >= 11 is 0. The number of alkyl halides is 5. The van der Waals surface area contributed by atoms with Crippen molar-refractivity contribution in [3.63, 3.8) is 0 Å². The Hall–Kier alpha value is -4.52. The molecule has 0 saturated heterocycles. The lowest BCUT2D eigenvalue weighted by Crippen LogP contribution is -2.08. The van der Waals surface area contributed by atoms with Gasteiger partial charge in [0.2, 0.25) is 0 Å². The summed E-state index contributed by atoms with van der Waals surface area (Å²) in [5.41, 5.74) is 1.49. The molecule has 42 heavy (non-hydrogen) atoms. The first-order chi connectivity index (χ1) is 19.7. The molecule has 0 aliphatic carbocycles. The molecule has 0 bridgehead atoms. The van der Waals surface area contributed by atoms with E-state index in [0.29, 0.717) is 27.9 Å². The molecular weight excluding hydrogens is 581 g/mol. The van der Waals surface area contributed by atoms with Crippen LogP contribution >= 0.6 is 0 Å². The standard InChI is InChI=1S/C29H22F5N3O4S/c1-16-13-25(29(32,33)34)36-37(16)24-12-9-20(19-5-4-6-22(14-19)42(3,38)39)15-23(24)27-26(35-17(2)40-27)18-7-10-21(11-8-18)41-28(30)31/h4-15,28H,1-3H3. The van der Waals surface area contributed by atoms with Gasteiger partial charge in [-0.3, -0.25) is 0 Å². The summed E-state index contributed by atoms with van der Waals surface area (Å²) < 4.78 is 102. The highest BCUT2D eigenvalue weighted by Crippen LogP contribution is 2.40. The molecule has 5 aromatic rings. The van der Waals surface area contributed by atoms with Crippen LogP contribution in [0, 0.1) is 13.8 Å². The van der Waals surface area contributed by atoms with Crippen molar-refractivity contribution in [2.45, 2.75) is 31.5 Å². The molecular formula is C29H22F5N3O4S. The molecule has 0 fully saturated rings. The Balaban J connectivity index is 1.73. The van der Waals surface area contributed by atoms with Crippen LogP contribution in [-0.2, 0) is 16.0 Å². The molecule has 3 aromatic carbocycles. The van der Waals surface area contributed by atoms with Gasteiger partial charge in [-0.2, -0.15) is 27.1 Å². The average Bonchev–Trinajstić information content (AvgIpc) is 3.50.